The van der Waals surface area contributed by atoms with Crippen molar-refractivity contribution in [2.45, 2.75) is 13.0 Å². The number of hydrogen-bond acceptors (Lipinski definition) is 10. The van der Waals surface area contributed by atoms with E-state index in [0.29, 0.717) is 41.0 Å². The van der Waals surface area contributed by atoms with Gasteiger partial charge in [0, 0.05) is 44.4 Å². The molecule has 5 aromatic rings. The van der Waals surface area contributed by atoms with Crippen molar-refractivity contribution in [1.29, 1.82) is 0 Å². The van der Waals surface area contributed by atoms with Crippen molar-refractivity contribution in [3.63, 3.8) is 0 Å². The Balaban J connectivity index is 1.11. The van der Waals surface area contributed by atoms with E-state index < -0.39 is 0 Å². The van der Waals surface area contributed by atoms with Crippen LogP contribution in [0.3, 0.4) is 0 Å². The van der Waals surface area contributed by atoms with Gasteiger partial charge in [0.1, 0.15) is 34.4 Å². The standard InChI is InChI=1S/C28H26N10O2/c1-4-25(39)38-13-17-12-37(14-23(17)38)28-29-11-21-26(33-28)27(31-15-30-21)32-18-5-8-24(16(2)9-18)40-19-6-7-22-20(10-19)34-35-36(22)3/h4-11,15,17,23H,1,12-14H2,2-3H3,(H,30,31,32)/t17-,23-/m1/s1. The molecule has 1 amide bonds. The normalized spacial score (nSPS) is 18.1. The number of amides is 1. The fourth-order valence-electron chi connectivity index (χ4n) is 5.45. The molecule has 7 rings (SSSR count). The first-order chi connectivity index (χ1) is 19.5. The minimum absolute atomic E-state index is 0.0271. The summed E-state index contributed by atoms with van der Waals surface area (Å²) >= 11 is 0. The first-order valence-electron chi connectivity index (χ1n) is 13.0. The number of rotatable bonds is 6. The van der Waals surface area contributed by atoms with Crippen LogP contribution in [0.5, 0.6) is 11.5 Å². The van der Waals surface area contributed by atoms with E-state index in [1.807, 2.05) is 55.3 Å². The lowest BCUT2D eigenvalue weighted by atomic mass is 9.92. The predicted octanol–water partition coefficient (Wildman–Crippen LogP) is 3.38. The number of carbonyl (C=O) groups is 1. The molecule has 2 aliphatic rings. The highest BCUT2D eigenvalue weighted by atomic mass is 16.5. The fraction of sp³-hybridized carbons (Fsp3) is 0.250. The molecule has 0 unspecified atom stereocenters. The molecule has 1 N–H and O–H groups in total. The lowest BCUT2D eigenvalue weighted by Crippen LogP contribution is -2.57. The van der Waals surface area contributed by atoms with Gasteiger partial charge in [-0.15, -0.1) is 5.10 Å². The summed E-state index contributed by atoms with van der Waals surface area (Å²) in [4.78, 5) is 34.3. The van der Waals surface area contributed by atoms with Crippen LogP contribution in [0.2, 0.25) is 0 Å². The average Bonchev–Trinajstić information content (AvgIpc) is 3.49. The van der Waals surface area contributed by atoms with Gasteiger partial charge < -0.3 is 19.9 Å². The number of aryl methyl sites for hydroxylation is 2. The molecule has 200 valence electrons. The van der Waals surface area contributed by atoms with Crippen LogP contribution in [0.25, 0.3) is 22.1 Å². The summed E-state index contributed by atoms with van der Waals surface area (Å²) in [6, 6.07) is 11.7. The van der Waals surface area contributed by atoms with E-state index in [1.54, 1.807) is 10.9 Å². The highest BCUT2D eigenvalue weighted by molar-refractivity contribution is 5.89. The van der Waals surface area contributed by atoms with Gasteiger partial charge in [-0.1, -0.05) is 11.8 Å². The van der Waals surface area contributed by atoms with Crippen molar-refractivity contribution in [2.24, 2.45) is 13.0 Å². The molecule has 5 heterocycles. The second kappa shape index (κ2) is 9.26. The third-order valence-electron chi connectivity index (χ3n) is 7.59. The zero-order valence-corrected chi connectivity index (χ0v) is 22.0. The zero-order valence-electron chi connectivity index (χ0n) is 22.0. The van der Waals surface area contributed by atoms with Gasteiger partial charge in [0.05, 0.1) is 17.8 Å². The second-order valence-electron chi connectivity index (χ2n) is 10.1. The number of carbonyl (C=O) groups excluding carboxylic acids is 1. The van der Waals surface area contributed by atoms with E-state index in [-0.39, 0.29) is 11.9 Å². The zero-order chi connectivity index (χ0) is 27.4. The summed E-state index contributed by atoms with van der Waals surface area (Å²) in [7, 11) is 1.86. The Morgan fingerprint density at radius 1 is 1.10 bits per heavy atom. The predicted molar refractivity (Wildman–Crippen MR) is 150 cm³/mol. The first kappa shape index (κ1) is 23.9. The molecule has 2 atom stereocenters. The Hall–Kier alpha value is -5.13. The minimum atomic E-state index is -0.0271. The third kappa shape index (κ3) is 4.04. The monoisotopic (exact) mass is 534 g/mol. The second-order valence-corrected chi connectivity index (χ2v) is 10.1. The van der Waals surface area contributed by atoms with Gasteiger partial charge in [-0.05, 0) is 48.9 Å². The molecule has 2 aliphatic heterocycles. The van der Waals surface area contributed by atoms with Gasteiger partial charge in [0.25, 0.3) is 0 Å². The van der Waals surface area contributed by atoms with Crippen LogP contribution < -0.4 is 15.0 Å². The first-order valence-corrected chi connectivity index (χ1v) is 13.0. The maximum Gasteiger partial charge on any atom is 0.246 e. The third-order valence-corrected chi connectivity index (χ3v) is 7.59. The molecule has 0 aliphatic carbocycles. The van der Waals surface area contributed by atoms with Crippen molar-refractivity contribution in [3.05, 3.63) is 67.1 Å². The summed E-state index contributed by atoms with van der Waals surface area (Å²) in [6.07, 6.45) is 4.59. The van der Waals surface area contributed by atoms with Gasteiger partial charge in [0.2, 0.25) is 11.9 Å². The maximum absolute atomic E-state index is 12.1. The summed E-state index contributed by atoms with van der Waals surface area (Å²) in [6.45, 7) is 7.83. The number of anilines is 3. The number of likely N-dealkylation sites (tertiary alicyclic amines) is 1. The molecule has 12 nitrogen and oxygen atoms in total. The quantitative estimate of drug-likeness (QED) is 0.324. The molecule has 40 heavy (non-hydrogen) atoms. The van der Waals surface area contributed by atoms with Crippen LogP contribution in [0.4, 0.5) is 17.5 Å². The van der Waals surface area contributed by atoms with E-state index in [4.69, 9.17) is 9.72 Å². The largest absolute Gasteiger partial charge is 0.457 e. The average molecular weight is 535 g/mol. The SMILES string of the molecule is C=CC(=O)N1C[C@H]2CN(c3ncc4ncnc(Nc5ccc(Oc6ccc7c(c6)nnn7C)c(C)c5)c4n3)C[C@H]21. The Morgan fingerprint density at radius 3 is 2.85 bits per heavy atom. The number of ether oxygens (including phenoxy) is 1. The molecule has 2 saturated heterocycles. The van der Waals surface area contributed by atoms with Gasteiger partial charge in [-0.25, -0.2) is 24.6 Å². The highest BCUT2D eigenvalue weighted by Gasteiger charge is 2.47. The number of nitrogens with zero attached hydrogens (tertiary/aromatic N) is 9. The Kier molecular flexibility index (Phi) is 5.54. The van der Waals surface area contributed by atoms with Crippen LogP contribution in [0.1, 0.15) is 5.56 Å². The molecule has 2 aromatic carbocycles. The van der Waals surface area contributed by atoms with Crippen molar-refractivity contribution in [2.75, 3.05) is 29.9 Å². The summed E-state index contributed by atoms with van der Waals surface area (Å²) < 4.78 is 7.87. The minimum Gasteiger partial charge on any atom is -0.457 e. The molecule has 0 radical (unpaired) electrons. The van der Waals surface area contributed by atoms with Crippen molar-refractivity contribution in [3.8, 4) is 11.5 Å². The lowest BCUT2D eigenvalue weighted by Gasteiger charge is -2.42. The van der Waals surface area contributed by atoms with Crippen LogP contribution in [-0.4, -0.2) is 71.4 Å². The molecule has 0 saturated carbocycles. The van der Waals surface area contributed by atoms with Crippen molar-refractivity contribution >= 4 is 45.4 Å². The number of hydrogen-bond donors (Lipinski definition) is 1. The van der Waals surface area contributed by atoms with E-state index in [0.717, 1.165) is 41.1 Å². The van der Waals surface area contributed by atoms with Crippen LogP contribution in [0.15, 0.2) is 61.6 Å². The van der Waals surface area contributed by atoms with Crippen LogP contribution >= 0.6 is 0 Å². The van der Waals surface area contributed by atoms with E-state index in [1.165, 1.54) is 12.4 Å². The van der Waals surface area contributed by atoms with E-state index >= 15 is 0 Å². The molecule has 3 aromatic heterocycles. The molecular formula is C28H26N10O2. The van der Waals surface area contributed by atoms with Crippen LogP contribution in [0, 0.1) is 12.8 Å². The summed E-state index contributed by atoms with van der Waals surface area (Å²) in [5.74, 6) is 3.00. The van der Waals surface area contributed by atoms with Crippen molar-refractivity contribution < 1.29 is 9.53 Å². The fourth-order valence-corrected chi connectivity index (χ4v) is 5.45. The van der Waals surface area contributed by atoms with Gasteiger partial charge in [-0.3, -0.25) is 4.79 Å². The summed E-state index contributed by atoms with van der Waals surface area (Å²) in [5, 5.41) is 11.6. The highest BCUT2D eigenvalue weighted by Crippen LogP contribution is 2.35. The number of nitrogens with one attached hydrogen (secondary N) is 1. The summed E-state index contributed by atoms with van der Waals surface area (Å²) in [5.41, 5.74) is 4.77. The topological polar surface area (TPSA) is 127 Å². The van der Waals surface area contributed by atoms with E-state index in [9.17, 15) is 4.79 Å². The van der Waals surface area contributed by atoms with Crippen molar-refractivity contribution in [1.82, 2.24) is 39.8 Å². The Bertz CT molecular complexity index is 1800. The lowest BCUT2D eigenvalue weighted by molar-refractivity contribution is -0.135. The molecule has 2 fully saturated rings. The number of benzene rings is 2. The van der Waals surface area contributed by atoms with Crippen LogP contribution in [-0.2, 0) is 11.8 Å². The molecule has 0 spiro atoms. The number of fused-ring (bicyclic) bond motifs is 3. The maximum atomic E-state index is 12.1. The number of aromatic nitrogens is 7. The molecule has 0 bridgehead atoms. The smallest absolute Gasteiger partial charge is 0.246 e. The van der Waals surface area contributed by atoms with E-state index in [2.05, 4.69) is 42.1 Å². The van der Waals surface area contributed by atoms with Gasteiger partial charge >= 0.3 is 0 Å². The molecular weight excluding hydrogens is 508 g/mol. The Morgan fingerprint density at radius 2 is 2.00 bits per heavy atom. The van der Waals surface area contributed by atoms with Gasteiger partial charge in [0.15, 0.2) is 5.82 Å². The van der Waals surface area contributed by atoms with Gasteiger partial charge in [-0.2, -0.15) is 0 Å². The molecule has 12 heteroatoms. The Labute approximate surface area is 229 Å².